The molecule has 1 aromatic heterocycles. The van der Waals surface area contributed by atoms with Gasteiger partial charge in [0.05, 0.1) is 5.56 Å². The molecule has 0 bridgehead atoms. The Hall–Kier alpha value is -0.640. The van der Waals surface area contributed by atoms with E-state index in [1.54, 1.807) is 24.5 Å². The van der Waals surface area contributed by atoms with Crippen LogP contribution in [0, 0.1) is 0 Å². The second kappa shape index (κ2) is 6.09. The van der Waals surface area contributed by atoms with Gasteiger partial charge < -0.3 is 24.8 Å². The van der Waals surface area contributed by atoms with Gasteiger partial charge in [-0.05, 0) is 12.1 Å². The molecule has 1 rings (SSSR count). The van der Waals surface area contributed by atoms with Crippen LogP contribution >= 0.6 is 0 Å². The van der Waals surface area contributed by atoms with Gasteiger partial charge >= 0.3 is 5.91 Å². The van der Waals surface area contributed by atoms with Crippen LogP contribution in [0.4, 0.5) is 0 Å². The highest BCUT2D eigenvalue weighted by molar-refractivity contribution is 5.85. The van der Waals surface area contributed by atoms with Gasteiger partial charge in [0.15, 0.2) is 0 Å². The van der Waals surface area contributed by atoms with E-state index in [0.29, 0.717) is 5.56 Å². The van der Waals surface area contributed by atoms with E-state index in [1.165, 1.54) is 0 Å². The number of quaternary nitrogens is 1. The standard InChI is InChI=1S/C6H6N2O.2ClH/c7-6(9)5-1-3-8-4-2-5;;/h1-4H,(H2,7,9);2*1H/p-1. The molecule has 5 heteroatoms. The molecule has 0 saturated carbocycles. The van der Waals surface area contributed by atoms with Crippen molar-refractivity contribution in [2.45, 2.75) is 0 Å². The third kappa shape index (κ3) is 3.93. The van der Waals surface area contributed by atoms with E-state index in [0.717, 1.165) is 0 Å². The van der Waals surface area contributed by atoms with E-state index < -0.39 is 0 Å². The lowest BCUT2D eigenvalue weighted by atomic mass is 10.3. The van der Waals surface area contributed by atoms with E-state index in [1.807, 2.05) is 0 Å². The molecule has 1 heterocycles. The monoisotopic (exact) mass is 193 g/mol. The van der Waals surface area contributed by atoms with Crippen molar-refractivity contribution in [2.75, 3.05) is 0 Å². The molecule has 3 nitrogen and oxygen atoms in total. The number of amides is 1. The van der Waals surface area contributed by atoms with Crippen LogP contribution < -0.4 is 30.5 Å². The Morgan fingerprint density at radius 1 is 1.27 bits per heavy atom. The summed E-state index contributed by atoms with van der Waals surface area (Å²) in [6.07, 6.45) is 3.14. The Bertz CT molecular complexity index is 215. The molecular formula is C6H7Cl2N2O-. The van der Waals surface area contributed by atoms with Crippen LogP contribution in [0.2, 0.25) is 0 Å². The molecule has 0 aliphatic carbocycles. The first kappa shape index (κ1) is 13.0. The van der Waals surface area contributed by atoms with Gasteiger partial charge in [0, 0.05) is 12.4 Å². The van der Waals surface area contributed by atoms with Crippen LogP contribution in [0.5, 0.6) is 0 Å². The number of aromatic nitrogens is 1. The number of carbonyl (C=O) groups excluding carboxylic acids is 1. The molecule has 0 fully saturated rings. The van der Waals surface area contributed by atoms with Gasteiger partial charge in [-0.15, -0.1) is 0 Å². The summed E-state index contributed by atoms with van der Waals surface area (Å²) in [7, 11) is 0. The van der Waals surface area contributed by atoms with Crippen LogP contribution in [-0.2, 0) is 0 Å². The molecule has 0 radical (unpaired) electrons. The van der Waals surface area contributed by atoms with Crippen molar-refractivity contribution in [3.8, 4) is 0 Å². The van der Waals surface area contributed by atoms with Gasteiger partial charge in [0.25, 0.3) is 0 Å². The van der Waals surface area contributed by atoms with Crippen molar-refractivity contribution in [3.05, 3.63) is 30.1 Å². The fraction of sp³-hybridized carbons (Fsp3) is 0. The third-order valence-electron chi connectivity index (χ3n) is 1.00. The van der Waals surface area contributed by atoms with Gasteiger partial charge in [-0.2, -0.15) is 0 Å². The first-order valence-corrected chi connectivity index (χ1v) is 2.57. The zero-order chi connectivity index (χ0) is 6.69. The molecule has 0 atom stereocenters. The highest BCUT2D eigenvalue weighted by atomic mass is 35.5. The van der Waals surface area contributed by atoms with Crippen LogP contribution in [0.15, 0.2) is 24.5 Å². The summed E-state index contributed by atoms with van der Waals surface area (Å²) >= 11 is 0. The number of hydrogen-bond acceptors (Lipinski definition) is 2. The van der Waals surface area contributed by atoms with Crippen LogP contribution in [0.1, 0.15) is 10.4 Å². The highest BCUT2D eigenvalue weighted by Gasteiger charge is 1.99. The predicted molar refractivity (Wildman–Crippen MR) is 31.5 cm³/mol. The maximum absolute atomic E-state index is 10.5. The summed E-state index contributed by atoms with van der Waals surface area (Å²) in [5, 5.41) is 0. The van der Waals surface area contributed by atoms with Crippen molar-refractivity contribution >= 4 is 5.91 Å². The zero-order valence-electron chi connectivity index (χ0n) is 5.63. The van der Waals surface area contributed by atoms with Crippen molar-refractivity contribution in [1.29, 1.82) is 0 Å². The molecule has 11 heavy (non-hydrogen) atoms. The summed E-state index contributed by atoms with van der Waals surface area (Å²) in [4.78, 5) is 14.3. The lowest BCUT2D eigenvalue weighted by molar-refractivity contribution is -0.255. The predicted octanol–water partition coefficient (Wildman–Crippen LogP) is -6.53. The lowest BCUT2D eigenvalue weighted by Gasteiger charge is -1.85. The molecule has 0 aliphatic rings. The van der Waals surface area contributed by atoms with Crippen molar-refractivity contribution in [1.82, 2.24) is 4.98 Å². The largest absolute Gasteiger partial charge is 1.00 e. The minimum atomic E-state index is -0.169. The third-order valence-corrected chi connectivity index (χ3v) is 1.00. The molecule has 1 aromatic rings. The number of halogens is 2. The van der Waals surface area contributed by atoms with Crippen LogP contribution in [0.25, 0.3) is 0 Å². The number of rotatable bonds is 1. The Morgan fingerprint density at radius 2 is 1.73 bits per heavy atom. The molecule has 0 aromatic carbocycles. The van der Waals surface area contributed by atoms with E-state index in [4.69, 9.17) is 0 Å². The molecule has 0 saturated heterocycles. The average Bonchev–Trinajstić information content (AvgIpc) is 1.90. The van der Waals surface area contributed by atoms with Gasteiger partial charge in [0.1, 0.15) is 0 Å². The Balaban J connectivity index is 0. The van der Waals surface area contributed by atoms with Gasteiger partial charge in [0.2, 0.25) is 0 Å². The van der Waals surface area contributed by atoms with E-state index in [2.05, 4.69) is 10.7 Å². The van der Waals surface area contributed by atoms with Crippen LogP contribution in [0.3, 0.4) is 0 Å². The molecule has 0 unspecified atom stereocenters. The Kier molecular flexibility index (Phi) is 7.20. The number of nitrogens with zero attached hydrogens (tertiary/aromatic N) is 1. The summed E-state index contributed by atoms with van der Waals surface area (Å²) < 4.78 is 0. The molecule has 1 amide bonds. The molecule has 0 spiro atoms. The van der Waals surface area contributed by atoms with Gasteiger partial charge in [-0.25, -0.2) is 4.79 Å². The fourth-order valence-corrected chi connectivity index (χ4v) is 0.538. The average molecular weight is 194 g/mol. The lowest BCUT2D eigenvalue weighted by Crippen LogP contribution is -3.00. The van der Waals surface area contributed by atoms with Gasteiger partial charge in [-0.1, -0.05) is 0 Å². The fourth-order valence-electron chi connectivity index (χ4n) is 0.538. The van der Waals surface area contributed by atoms with E-state index >= 15 is 0 Å². The van der Waals surface area contributed by atoms with Crippen LogP contribution in [-0.4, -0.2) is 10.9 Å². The normalized spacial score (nSPS) is 7.36. The first-order valence-electron chi connectivity index (χ1n) is 2.57. The quantitative estimate of drug-likeness (QED) is 0.483. The van der Waals surface area contributed by atoms with Crippen molar-refractivity contribution < 1.29 is 35.3 Å². The smallest absolute Gasteiger partial charge is 0.341 e. The number of pyridine rings is 1. The summed E-state index contributed by atoms with van der Waals surface area (Å²) in [6, 6.07) is 3.27. The minimum absolute atomic E-state index is 0. The van der Waals surface area contributed by atoms with Crippen molar-refractivity contribution in [3.63, 3.8) is 0 Å². The van der Waals surface area contributed by atoms with E-state index in [9.17, 15) is 4.79 Å². The SMILES string of the molecule is [Cl-].[Cl-].[NH3+]C(=O)c1ccncc1. The second-order valence-electron chi connectivity index (χ2n) is 1.66. The van der Waals surface area contributed by atoms with E-state index in [-0.39, 0.29) is 30.7 Å². The summed E-state index contributed by atoms with van der Waals surface area (Å²) in [5.41, 5.74) is 3.84. The molecule has 0 aliphatic heterocycles. The topological polar surface area (TPSA) is 57.6 Å². The molecule has 3 N–H and O–H groups in total. The minimum Gasteiger partial charge on any atom is -1.00 e. The molecular weight excluding hydrogens is 187 g/mol. The summed E-state index contributed by atoms with van der Waals surface area (Å²) in [6.45, 7) is 0. The second-order valence-corrected chi connectivity index (χ2v) is 1.66. The first-order chi connectivity index (χ1) is 4.30. The highest BCUT2D eigenvalue weighted by Crippen LogP contribution is 1.90. The van der Waals surface area contributed by atoms with Crippen molar-refractivity contribution in [2.24, 2.45) is 0 Å². The maximum atomic E-state index is 10.5. The van der Waals surface area contributed by atoms with Gasteiger partial charge in [-0.3, -0.25) is 10.7 Å². The Morgan fingerprint density at radius 3 is 2.00 bits per heavy atom. The maximum Gasteiger partial charge on any atom is 0.341 e. The number of carbonyl (C=O) groups is 1. The zero-order valence-corrected chi connectivity index (χ0v) is 7.14. The Labute approximate surface area is 76.8 Å². The number of hydrogen-bond donors (Lipinski definition) is 1. The molecule has 62 valence electrons. The summed E-state index contributed by atoms with van der Waals surface area (Å²) in [5.74, 6) is -0.169.